The molecule has 0 fully saturated rings. The minimum atomic E-state index is -0.461. The number of hydrogen-bond acceptors (Lipinski definition) is 6. The fourth-order valence-electron chi connectivity index (χ4n) is 2.41. The van der Waals surface area contributed by atoms with Gasteiger partial charge < -0.3 is 4.84 Å². The molecule has 0 saturated carbocycles. The van der Waals surface area contributed by atoms with E-state index in [4.69, 9.17) is 4.84 Å². The lowest BCUT2D eigenvalue weighted by atomic mass is 10.0. The quantitative estimate of drug-likeness (QED) is 0.744. The van der Waals surface area contributed by atoms with Crippen molar-refractivity contribution in [3.05, 3.63) is 39.9 Å². The maximum absolute atomic E-state index is 12.8. The molecule has 0 aliphatic carbocycles. The van der Waals surface area contributed by atoms with Gasteiger partial charge in [-0.3, -0.25) is 10.1 Å². The molecule has 0 aliphatic rings. The predicted molar refractivity (Wildman–Crippen MR) is 109 cm³/mol. The molecular formula is C20H27N3O3S. The van der Waals surface area contributed by atoms with E-state index in [9.17, 15) is 9.59 Å². The van der Waals surface area contributed by atoms with Crippen molar-refractivity contribution in [2.45, 2.75) is 60.4 Å². The van der Waals surface area contributed by atoms with E-state index >= 15 is 0 Å². The molecule has 0 unspecified atom stereocenters. The molecule has 7 heteroatoms. The lowest BCUT2D eigenvalue weighted by Gasteiger charge is -2.35. The van der Waals surface area contributed by atoms with E-state index < -0.39 is 5.54 Å². The summed E-state index contributed by atoms with van der Waals surface area (Å²) in [4.78, 5) is 35.6. The van der Waals surface area contributed by atoms with Gasteiger partial charge in [0.15, 0.2) is 5.13 Å². The van der Waals surface area contributed by atoms with Crippen LogP contribution >= 0.6 is 11.3 Å². The van der Waals surface area contributed by atoms with Gasteiger partial charge >= 0.3 is 5.97 Å². The Bertz CT molecular complexity index is 833. The fraction of sp³-hybridized carbons (Fsp3) is 0.450. The van der Waals surface area contributed by atoms with Gasteiger partial charge in [0.25, 0.3) is 5.91 Å². The number of amides is 1. The number of nitrogens with one attached hydrogen (secondary N) is 1. The average Bonchev–Trinajstić information content (AvgIpc) is 2.89. The molecule has 1 aromatic carbocycles. The second kappa shape index (κ2) is 8.08. The van der Waals surface area contributed by atoms with E-state index in [1.807, 2.05) is 53.7 Å². The zero-order chi connectivity index (χ0) is 20.4. The van der Waals surface area contributed by atoms with Gasteiger partial charge in [0.1, 0.15) is 0 Å². The average molecular weight is 390 g/mol. The summed E-state index contributed by atoms with van der Waals surface area (Å²) in [5, 5.41) is 4.98. The van der Waals surface area contributed by atoms with Gasteiger partial charge in [-0.2, -0.15) is 0 Å². The van der Waals surface area contributed by atoms with Crippen LogP contribution in [0.25, 0.3) is 0 Å². The molecule has 0 radical (unpaired) electrons. The molecule has 2 rings (SSSR count). The maximum atomic E-state index is 12.8. The number of carbonyl (C=O) groups excluding carboxylic acids is 2. The van der Waals surface area contributed by atoms with Crippen LogP contribution in [0, 0.1) is 20.8 Å². The molecule has 146 valence electrons. The highest BCUT2D eigenvalue weighted by Gasteiger charge is 2.27. The minimum absolute atomic E-state index is 0.237. The number of hydroxylamine groups is 1. The molecule has 0 aliphatic heterocycles. The Balaban J connectivity index is 2.35. The Labute approximate surface area is 164 Å². The van der Waals surface area contributed by atoms with E-state index in [1.54, 1.807) is 18.1 Å². The first-order valence-corrected chi connectivity index (χ1v) is 9.71. The third-order valence-electron chi connectivity index (χ3n) is 4.04. The number of benzene rings is 1. The lowest BCUT2D eigenvalue weighted by molar-refractivity contribution is -0.146. The van der Waals surface area contributed by atoms with E-state index in [-0.39, 0.29) is 18.3 Å². The Morgan fingerprint density at radius 1 is 1.22 bits per heavy atom. The third kappa shape index (κ3) is 5.07. The number of hydrogen-bond donors (Lipinski definition) is 1. The van der Waals surface area contributed by atoms with Crippen LogP contribution in [0.4, 0.5) is 10.8 Å². The summed E-state index contributed by atoms with van der Waals surface area (Å²) in [5.74, 6) is -0.566. The molecule has 1 amide bonds. The molecule has 0 bridgehead atoms. The fourth-order valence-corrected chi connectivity index (χ4v) is 3.22. The van der Waals surface area contributed by atoms with Gasteiger partial charge in [-0.05, 0) is 59.2 Å². The van der Waals surface area contributed by atoms with Gasteiger partial charge in [0.05, 0.1) is 16.9 Å². The number of rotatable bonds is 5. The molecule has 1 aromatic heterocycles. The number of anilines is 2. The molecule has 2 aromatic rings. The van der Waals surface area contributed by atoms with E-state index in [0.29, 0.717) is 16.4 Å². The van der Waals surface area contributed by atoms with Gasteiger partial charge in [-0.15, -0.1) is 11.3 Å². The Morgan fingerprint density at radius 2 is 1.89 bits per heavy atom. The zero-order valence-corrected chi connectivity index (χ0v) is 17.8. The van der Waals surface area contributed by atoms with Crippen molar-refractivity contribution in [3.8, 4) is 0 Å². The van der Waals surface area contributed by atoms with Crippen molar-refractivity contribution in [2.24, 2.45) is 0 Å². The predicted octanol–water partition coefficient (Wildman–Crippen LogP) is 4.79. The van der Waals surface area contributed by atoms with Crippen LogP contribution in [-0.2, 0) is 9.63 Å². The summed E-state index contributed by atoms with van der Waals surface area (Å²) in [5.41, 5.74) is 2.44. The number of aryl methyl sites for hydroxylation is 3. The van der Waals surface area contributed by atoms with Gasteiger partial charge in [0, 0.05) is 16.9 Å². The summed E-state index contributed by atoms with van der Waals surface area (Å²) >= 11 is 1.45. The third-order valence-corrected chi connectivity index (χ3v) is 5.03. The van der Waals surface area contributed by atoms with Crippen molar-refractivity contribution >= 4 is 34.0 Å². The first kappa shape index (κ1) is 20.9. The summed E-state index contributed by atoms with van der Waals surface area (Å²) < 4.78 is 0. The van der Waals surface area contributed by atoms with Gasteiger partial charge in [-0.1, -0.05) is 13.0 Å². The second-order valence-electron chi connectivity index (χ2n) is 7.40. The first-order chi connectivity index (χ1) is 12.5. The van der Waals surface area contributed by atoms with Crippen LogP contribution in [0.2, 0.25) is 0 Å². The summed E-state index contributed by atoms with van der Waals surface area (Å²) in [6, 6.07) is 5.44. The van der Waals surface area contributed by atoms with Gasteiger partial charge in [0.2, 0.25) is 0 Å². The standard InChI is InChI=1S/C20H27N3O3S/c1-8-17(24)26-23(20(5,6)7)15-10-9-12(2)16(11-15)18(25)22-19-21-13(3)14(4)27-19/h9-11H,8H2,1-7H3,(H,21,22,25). The van der Waals surface area contributed by atoms with Crippen molar-refractivity contribution in [3.63, 3.8) is 0 Å². The Kier molecular flexibility index (Phi) is 6.26. The summed E-state index contributed by atoms with van der Waals surface area (Å²) in [6.45, 7) is 13.3. The van der Waals surface area contributed by atoms with Crippen LogP contribution in [0.1, 0.15) is 60.6 Å². The summed E-state index contributed by atoms with van der Waals surface area (Å²) in [6.07, 6.45) is 0.272. The van der Waals surface area contributed by atoms with E-state index in [0.717, 1.165) is 16.1 Å². The molecule has 1 N–H and O–H groups in total. The topological polar surface area (TPSA) is 71.5 Å². The van der Waals surface area contributed by atoms with Crippen LogP contribution < -0.4 is 10.4 Å². The van der Waals surface area contributed by atoms with Crippen LogP contribution in [0.5, 0.6) is 0 Å². The Hall–Kier alpha value is -2.41. The molecule has 0 saturated heterocycles. The zero-order valence-electron chi connectivity index (χ0n) is 17.0. The number of nitrogens with zero attached hydrogens (tertiary/aromatic N) is 2. The monoisotopic (exact) mass is 389 g/mol. The normalized spacial score (nSPS) is 11.2. The van der Waals surface area contributed by atoms with Crippen LogP contribution in [0.3, 0.4) is 0 Å². The highest BCUT2D eigenvalue weighted by atomic mass is 32.1. The van der Waals surface area contributed by atoms with E-state index in [1.165, 1.54) is 11.3 Å². The smallest absolute Gasteiger partial charge is 0.332 e. The van der Waals surface area contributed by atoms with Crippen molar-refractivity contribution in [2.75, 3.05) is 10.4 Å². The maximum Gasteiger partial charge on any atom is 0.332 e. The number of thiazole rings is 1. The van der Waals surface area contributed by atoms with Crippen molar-refractivity contribution < 1.29 is 14.4 Å². The largest absolute Gasteiger partial charge is 0.340 e. The molecule has 1 heterocycles. The van der Waals surface area contributed by atoms with E-state index in [2.05, 4.69) is 10.3 Å². The molecule has 0 atom stereocenters. The molecule has 0 spiro atoms. The van der Waals surface area contributed by atoms with Crippen LogP contribution in [-0.4, -0.2) is 22.4 Å². The SMILES string of the molecule is CCC(=O)ON(c1ccc(C)c(C(=O)Nc2nc(C)c(C)s2)c1)C(C)(C)C. The first-order valence-electron chi connectivity index (χ1n) is 8.90. The van der Waals surface area contributed by atoms with Gasteiger partial charge in [-0.25, -0.2) is 14.8 Å². The molecular weight excluding hydrogens is 362 g/mol. The van der Waals surface area contributed by atoms with Crippen LogP contribution in [0.15, 0.2) is 18.2 Å². The highest BCUT2D eigenvalue weighted by molar-refractivity contribution is 7.15. The number of aromatic nitrogens is 1. The van der Waals surface area contributed by atoms with Crippen molar-refractivity contribution in [1.29, 1.82) is 0 Å². The molecule has 27 heavy (non-hydrogen) atoms. The molecule has 6 nitrogen and oxygen atoms in total. The van der Waals surface area contributed by atoms with Crippen molar-refractivity contribution in [1.82, 2.24) is 4.98 Å². The Morgan fingerprint density at radius 3 is 2.41 bits per heavy atom. The highest BCUT2D eigenvalue weighted by Crippen LogP contribution is 2.28. The lowest BCUT2D eigenvalue weighted by Crippen LogP contribution is -2.43. The second-order valence-corrected chi connectivity index (χ2v) is 8.60. The number of carbonyl (C=O) groups is 2. The summed E-state index contributed by atoms with van der Waals surface area (Å²) in [7, 11) is 0. The minimum Gasteiger partial charge on any atom is -0.340 e.